The maximum Gasteiger partial charge on any atom is 0.240 e. The normalized spacial score (nSPS) is 13.2. The number of rotatable bonds is 6. The SMILES string of the molecule is Cc1cc(C(O)CCNS(=O)(=O)c2ccc3ccccc3c2)c(C)o1. The molecule has 0 aliphatic rings. The van der Waals surface area contributed by atoms with Crippen LogP contribution in [0.15, 0.2) is 57.8 Å². The van der Waals surface area contributed by atoms with Gasteiger partial charge in [-0.1, -0.05) is 30.3 Å². The number of furan rings is 1. The van der Waals surface area contributed by atoms with Crippen molar-refractivity contribution in [3.05, 3.63) is 65.6 Å². The second-order valence-corrected chi connectivity index (χ2v) is 7.85. The van der Waals surface area contributed by atoms with E-state index in [2.05, 4.69) is 4.72 Å². The van der Waals surface area contributed by atoms with Crippen molar-refractivity contribution in [2.75, 3.05) is 6.54 Å². The Morgan fingerprint density at radius 2 is 1.80 bits per heavy atom. The van der Waals surface area contributed by atoms with E-state index in [-0.39, 0.29) is 17.9 Å². The predicted molar refractivity (Wildman–Crippen MR) is 96.9 cm³/mol. The molecule has 1 atom stereocenters. The van der Waals surface area contributed by atoms with E-state index in [1.54, 1.807) is 31.2 Å². The number of nitrogens with one attached hydrogen (secondary N) is 1. The first-order valence-corrected chi connectivity index (χ1v) is 9.58. The molecule has 2 aromatic carbocycles. The quantitative estimate of drug-likeness (QED) is 0.706. The molecule has 0 amide bonds. The molecule has 3 aromatic rings. The van der Waals surface area contributed by atoms with E-state index >= 15 is 0 Å². The van der Waals surface area contributed by atoms with E-state index in [1.807, 2.05) is 31.2 Å². The number of sulfonamides is 1. The first-order valence-electron chi connectivity index (χ1n) is 8.10. The second-order valence-electron chi connectivity index (χ2n) is 6.08. The Kier molecular flexibility index (Phi) is 4.94. The molecule has 0 saturated carbocycles. The van der Waals surface area contributed by atoms with E-state index in [1.165, 1.54) is 0 Å². The molecule has 1 heterocycles. The van der Waals surface area contributed by atoms with Gasteiger partial charge in [-0.15, -0.1) is 0 Å². The number of aryl methyl sites for hydroxylation is 2. The molecule has 0 spiro atoms. The van der Waals surface area contributed by atoms with Crippen molar-refractivity contribution in [2.24, 2.45) is 0 Å². The lowest BCUT2D eigenvalue weighted by molar-refractivity contribution is 0.167. The highest BCUT2D eigenvalue weighted by Gasteiger charge is 2.17. The summed E-state index contributed by atoms with van der Waals surface area (Å²) in [6.45, 7) is 3.73. The van der Waals surface area contributed by atoms with E-state index < -0.39 is 16.1 Å². The first-order chi connectivity index (χ1) is 11.9. The van der Waals surface area contributed by atoms with Gasteiger partial charge in [-0.05, 0) is 49.2 Å². The summed E-state index contributed by atoms with van der Waals surface area (Å²) in [4.78, 5) is 0.219. The lowest BCUT2D eigenvalue weighted by Crippen LogP contribution is -2.26. The number of fused-ring (bicyclic) bond motifs is 1. The van der Waals surface area contributed by atoms with Gasteiger partial charge in [0.1, 0.15) is 11.5 Å². The van der Waals surface area contributed by atoms with Crippen LogP contribution in [0.5, 0.6) is 0 Å². The zero-order chi connectivity index (χ0) is 18.0. The van der Waals surface area contributed by atoms with Crippen LogP contribution in [0, 0.1) is 13.8 Å². The third kappa shape index (κ3) is 3.92. The zero-order valence-corrected chi connectivity index (χ0v) is 15.0. The summed E-state index contributed by atoms with van der Waals surface area (Å²) in [6, 6.07) is 14.4. The lowest BCUT2D eigenvalue weighted by Gasteiger charge is -2.11. The number of hydrogen-bond donors (Lipinski definition) is 2. The van der Waals surface area contributed by atoms with Crippen LogP contribution in [0.4, 0.5) is 0 Å². The molecule has 132 valence electrons. The summed E-state index contributed by atoms with van der Waals surface area (Å²) < 4.78 is 32.9. The third-order valence-electron chi connectivity index (χ3n) is 4.18. The zero-order valence-electron chi connectivity index (χ0n) is 14.2. The molecule has 1 unspecified atom stereocenters. The standard InChI is InChI=1S/C19H21NO4S/c1-13-11-18(14(2)24-13)19(21)9-10-20-25(22,23)17-8-7-15-5-3-4-6-16(15)12-17/h3-8,11-12,19-21H,9-10H2,1-2H3. The largest absolute Gasteiger partial charge is 0.466 e. The van der Waals surface area contributed by atoms with Crippen LogP contribution < -0.4 is 4.72 Å². The number of aliphatic hydroxyl groups excluding tert-OH is 1. The number of hydrogen-bond acceptors (Lipinski definition) is 4. The van der Waals surface area contributed by atoms with Gasteiger partial charge < -0.3 is 9.52 Å². The highest BCUT2D eigenvalue weighted by molar-refractivity contribution is 7.89. The van der Waals surface area contributed by atoms with Crippen LogP contribution in [0.3, 0.4) is 0 Å². The van der Waals surface area contributed by atoms with Crippen molar-refractivity contribution >= 4 is 20.8 Å². The maximum absolute atomic E-state index is 12.5. The highest BCUT2D eigenvalue weighted by atomic mass is 32.2. The van der Waals surface area contributed by atoms with Gasteiger partial charge in [0.25, 0.3) is 0 Å². The molecular formula is C19H21NO4S. The molecule has 0 radical (unpaired) electrons. The van der Waals surface area contributed by atoms with Crippen molar-refractivity contribution < 1.29 is 17.9 Å². The monoisotopic (exact) mass is 359 g/mol. The lowest BCUT2D eigenvalue weighted by atomic mass is 10.1. The van der Waals surface area contributed by atoms with Gasteiger partial charge in [0.2, 0.25) is 10.0 Å². The summed E-state index contributed by atoms with van der Waals surface area (Å²) >= 11 is 0. The first kappa shape index (κ1) is 17.7. The number of benzene rings is 2. The van der Waals surface area contributed by atoms with Crippen LogP contribution in [0.25, 0.3) is 10.8 Å². The van der Waals surface area contributed by atoms with Crippen LogP contribution in [0.1, 0.15) is 29.6 Å². The average Bonchev–Trinajstić information content (AvgIpc) is 2.92. The summed E-state index contributed by atoms with van der Waals surface area (Å²) in [5, 5.41) is 12.1. The number of aliphatic hydroxyl groups is 1. The minimum absolute atomic E-state index is 0.139. The maximum atomic E-state index is 12.5. The second kappa shape index (κ2) is 7.00. The fourth-order valence-electron chi connectivity index (χ4n) is 2.88. The van der Waals surface area contributed by atoms with E-state index in [0.29, 0.717) is 11.3 Å². The van der Waals surface area contributed by atoms with Crippen LogP contribution in [-0.2, 0) is 10.0 Å². The molecule has 5 nitrogen and oxygen atoms in total. The van der Waals surface area contributed by atoms with Gasteiger partial charge >= 0.3 is 0 Å². The minimum atomic E-state index is -3.62. The summed E-state index contributed by atoms with van der Waals surface area (Å²) in [5.74, 6) is 1.38. The Bertz CT molecular complexity index is 992. The Hall–Kier alpha value is -2.15. The molecule has 0 fully saturated rings. The molecule has 3 rings (SSSR count). The molecule has 6 heteroatoms. The van der Waals surface area contributed by atoms with Crippen molar-refractivity contribution in [3.8, 4) is 0 Å². The van der Waals surface area contributed by atoms with Crippen molar-refractivity contribution in [2.45, 2.75) is 31.3 Å². The summed E-state index contributed by atoms with van der Waals surface area (Å²) in [7, 11) is -3.62. The third-order valence-corrected chi connectivity index (χ3v) is 5.64. The highest BCUT2D eigenvalue weighted by Crippen LogP contribution is 2.24. The fourth-order valence-corrected chi connectivity index (χ4v) is 3.97. The summed E-state index contributed by atoms with van der Waals surface area (Å²) in [6.07, 6.45) is -0.496. The van der Waals surface area contributed by atoms with Crippen LogP contribution in [0.2, 0.25) is 0 Å². The Balaban J connectivity index is 1.67. The van der Waals surface area contributed by atoms with E-state index in [4.69, 9.17) is 4.42 Å². The smallest absolute Gasteiger partial charge is 0.240 e. The predicted octanol–water partition coefficient (Wildman–Crippen LogP) is 3.45. The van der Waals surface area contributed by atoms with Gasteiger partial charge in [-0.2, -0.15) is 0 Å². The fraction of sp³-hybridized carbons (Fsp3) is 0.263. The van der Waals surface area contributed by atoms with Crippen LogP contribution >= 0.6 is 0 Å². The van der Waals surface area contributed by atoms with E-state index in [9.17, 15) is 13.5 Å². The van der Waals surface area contributed by atoms with Crippen molar-refractivity contribution in [3.63, 3.8) is 0 Å². The van der Waals surface area contributed by atoms with Gasteiger partial charge in [0, 0.05) is 12.1 Å². The molecule has 0 saturated heterocycles. The average molecular weight is 359 g/mol. The van der Waals surface area contributed by atoms with Gasteiger partial charge in [0.05, 0.1) is 11.0 Å². The molecule has 0 bridgehead atoms. The van der Waals surface area contributed by atoms with Crippen molar-refractivity contribution in [1.82, 2.24) is 4.72 Å². The molecular weight excluding hydrogens is 338 g/mol. The van der Waals surface area contributed by atoms with E-state index in [0.717, 1.165) is 16.5 Å². The van der Waals surface area contributed by atoms with Gasteiger partial charge in [0.15, 0.2) is 0 Å². The molecule has 1 aromatic heterocycles. The molecule has 2 N–H and O–H groups in total. The topological polar surface area (TPSA) is 79.5 Å². The van der Waals surface area contributed by atoms with Gasteiger partial charge in [-0.3, -0.25) is 0 Å². The Morgan fingerprint density at radius 1 is 1.08 bits per heavy atom. The molecule has 0 aliphatic carbocycles. The minimum Gasteiger partial charge on any atom is -0.466 e. The van der Waals surface area contributed by atoms with Crippen molar-refractivity contribution in [1.29, 1.82) is 0 Å². The summed E-state index contributed by atoms with van der Waals surface area (Å²) in [5.41, 5.74) is 0.697. The molecule has 0 aliphatic heterocycles. The van der Waals surface area contributed by atoms with Crippen LogP contribution in [-0.4, -0.2) is 20.1 Å². The van der Waals surface area contributed by atoms with Gasteiger partial charge in [-0.25, -0.2) is 13.1 Å². The Labute approximate surface area is 147 Å². The Morgan fingerprint density at radius 3 is 2.48 bits per heavy atom. The molecule has 25 heavy (non-hydrogen) atoms.